The number of aliphatic hydroxyl groups is 2. The van der Waals surface area contributed by atoms with Gasteiger partial charge in [0.05, 0.1) is 18.8 Å². The van der Waals surface area contributed by atoms with Crippen molar-refractivity contribution in [3.05, 3.63) is 28.2 Å². The number of hydrogen-bond acceptors (Lipinski definition) is 3. The van der Waals surface area contributed by atoms with Gasteiger partial charge in [-0.3, -0.25) is 0 Å². The molecule has 0 bridgehead atoms. The monoisotopic (exact) mass is 328 g/mol. The Morgan fingerprint density at radius 2 is 2.00 bits per heavy atom. The van der Waals surface area contributed by atoms with Crippen LogP contribution >= 0.6 is 15.9 Å². The Bertz CT molecular complexity index is 427. The molecule has 2 N–H and O–H groups in total. The van der Waals surface area contributed by atoms with Gasteiger partial charge >= 0.3 is 0 Å². The van der Waals surface area contributed by atoms with Crippen molar-refractivity contribution in [1.29, 1.82) is 0 Å². The lowest BCUT2D eigenvalue weighted by atomic mass is 9.79. The van der Waals surface area contributed by atoms with E-state index in [0.29, 0.717) is 19.3 Å². The molecule has 1 aromatic rings. The van der Waals surface area contributed by atoms with Crippen molar-refractivity contribution < 1.29 is 14.9 Å². The van der Waals surface area contributed by atoms with Gasteiger partial charge in [-0.15, -0.1) is 0 Å². The first-order chi connectivity index (χ1) is 9.05. The van der Waals surface area contributed by atoms with E-state index in [0.717, 1.165) is 35.0 Å². The minimum absolute atomic E-state index is 0.439. The van der Waals surface area contributed by atoms with Crippen molar-refractivity contribution in [3.63, 3.8) is 0 Å². The van der Waals surface area contributed by atoms with Crippen LogP contribution in [0.1, 0.15) is 37.7 Å². The summed E-state index contributed by atoms with van der Waals surface area (Å²) in [5.74, 6) is 0.765. The van der Waals surface area contributed by atoms with Crippen LogP contribution in [0.2, 0.25) is 0 Å². The summed E-state index contributed by atoms with van der Waals surface area (Å²) >= 11 is 3.48. The first kappa shape index (κ1) is 14.8. The minimum atomic E-state index is -0.930. The smallest absolute Gasteiger partial charge is 0.119 e. The van der Waals surface area contributed by atoms with Crippen molar-refractivity contribution in [2.45, 2.75) is 50.2 Å². The summed E-state index contributed by atoms with van der Waals surface area (Å²) in [7, 11) is 1.62. The van der Waals surface area contributed by atoms with Crippen LogP contribution in [0.25, 0.3) is 0 Å². The molecule has 0 heterocycles. The lowest BCUT2D eigenvalue weighted by Crippen LogP contribution is -2.45. The number of benzene rings is 1. The quantitative estimate of drug-likeness (QED) is 0.893. The predicted molar refractivity (Wildman–Crippen MR) is 78.4 cm³/mol. The highest BCUT2D eigenvalue weighted by molar-refractivity contribution is 9.10. The third-order valence-electron chi connectivity index (χ3n) is 4.01. The maximum absolute atomic E-state index is 10.5. The van der Waals surface area contributed by atoms with E-state index < -0.39 is 11.7 Å². The lowest BCUT2D eigenvalue weighted by Gasteiger charge is -2.36. The van der Waals surface area contributed by atoms with Gasteiger partial charge in [-0.25, -0.2) is 0 Å². The number of halogens is 1. The molecule has 3 nitrogen and oxygen atoms in total. The van der Waals surface area contributed by atoms with Gasteiger partial charge in [0, 0.05) is 10.9 Å². The number of rotatable bonds is 4. The normalized spacial score (nSPS) is 20.0. The molecule has 1 fully saturated rings. The zero-order valence-electron chi connectivity index (χ0n) is 11.2. The van der Waals surface area contributed by atoms with E-state index in [2.05, 4.69) is 15.9 Å². The third-order valence-corrected chi connectivity index (χ3v) is 4.78. The highest BCUT2D eigenvalue weighted by Gasteiger charge is 2.36. The molecule has 1 aliphatic carbocycles. The summed E-state index contributed by atoms with van der Waals surface area (Å²) in [6.07, 6.45) is 4.23. The van der Waals surface area contributed by atoms with Crippen LogP contribution in [0, 0.1) is 0 Å². The van der Waals surface area contributed by atoms with Crippen LogP contribution in [0.4, 0.5) is 0 Å². The van der Waals surface area contributed by atoms with E-state index in [9.17, 15) is 10.2 Å². The fourth-order valence-corrected chi connectivity index (χ4v) is 3.14. The topological polar surface area (TPSA) is 49.7 Å². The zero-order valence-corrected chi connectivity index (χ0v) is 12.8. The SMILES string of the molecule is COc1ccc(Br)c(CC(O)C2(O)CCCCC2)c1. The largest absolute Gasteiger partial charge is 0.497 e. The molecular weight excluding hydrogens is 308 g/mol. The molecule has 19 heavy (non-hydrogen) atoms. The lowest BCUT2D eigenvalue weighted by molar-refractivity contribution is -0.0961. The predicted octanol–water partition coefficient (Wildman–Crippen LogP) is 3.06. The van der Waals surface area contributed by atoms with Crippen LogP contribution in [0.5, 0.6) is 5.75 Å². The maximum Gasteiger partial charge on any atom is 0.119 e. The molecule has 1 unspecified atom stereocenters. The van der Waals surface area contributed by atoms with E-state index in [1.165, 1.54) is 0 Å². The van der Waals surface area contributed by atoms with Crippen LogP contribution in [-0.4, -0.2) is 29.0 Å². The average molecular weight is 329 g/mol. The Hall–Kier alpha value is -0.580. The van der Waals surface area contributed by atoms with Gasteiger partial charge in [0.15, 0.2) is 0 Å². The Kier molecular flexibility index (Phi) is 4.87. The second-order valence-corrected chi connectivity index (χ2v) is 6.20. The second-order valence-electron chi connectivity index (χ2n) is 5.34. The van der Waals surface area contributed by atoms with E-state index >= 15 is 0 Å². The van der Waals surface area contributed by atoms with Crippen molar-refractivity contribution >= 4 is 15.9 Å². The van der Waals surface area contributed by atoms with Crippen LogP contribution in [0.15, 0.2) is 22.7 Å². The van der Waals surface area contributed by atoms with Gasteiger partial charge in [-0.05, 0) is 36.6 Å². The van der Waals surface area contributed by atoms with E-state index in [1.807, 2.05) is 18.2 Å². The van der Waals surface area contributed by atoms with Gasteiger partial charge in [0.1, 0.15) is 5.75 Å². The second kappa shape index (κ2) is 6.25. The molecule has 0 aliphatic heterocycles. The van der Waals surface area contributed by atoms with E-state index in [1.54, 1.807) is 7.11 Å². The summed E-state index contributed by atoms with van der Waals surface area (Å²) in [6, 6.07) is 5.68. The van der Waals surface area contributed by atoms with Gasteiger partial charge in [-0.1, -0.05) is 35.2 Å². The molecule has 1 aliphatic rings. The molecule has 1 aromatic carbocycles. The van der Waals surface area contributed by atoms with Crippen molar-refractivity contribution in [2.24, 2.45) is 0 Å². The summed E-state index contributed by atoms with van der Waals surface area (Å²) < 4.78 is 6.13. The van der Waals surface area contributed by atoms with Crippen molar-refractivity contribution in [2.75, 3.05) is 7.11 Å². The van der Waals surface area contributed by atoms with Gasteiger partial charge in [0.25, 0.3) is 0 Å². The fraction of sp³-hybridized carbons (Fsp3) is 0.600. The van der Waals surface area contributed by atoms with E-state index in [-0.39, 0.29) is 0 Å². The standard InChI is InChI=1S/C15H21BrO3/c1-19-12-5-6-13(16)11(9-12)10-14(17)15(18)7-3-2-4-8-15/h5-6,9,14,17-18H,2-4,7-8,10H2,1H3. The molecule has 0 spiro atoms. The fourth-order valence-electron chi connectivity index (χ4n) is 2.73. The average Bonchev–Trinajstić information content (AvgIpc) is 2.42. The van der Waals surface area contributed by atoms with Gasteiger partial charge < -0.3 is 14.9 Å². The molecule has 0 saturated heterocycles. The maximum atomic E-state index is 10.5. The van der Waals surface area contributed by atoms with Crippen molar-refractivity contribution in [3.8, 4) is 5.75 Å². The van der Waals surface area contributed by atoms with E-state index in [4.69, 9.17) is 4.74 Å². The first-order valence-corrected chi connectivity index (χ1v) is 7.57. The molecular formula is C15H21BrO3. The third kappa shape index (κ3) is 3.50. The Labute approximate surface area is 122 Å². The zero-order chi connectivity index (χ0) is 13.9. The summed E-state index contributed by atoms with van der Waals surface area (Å²) in [5, 5.41) is 20.9. The molecule has 1 saturated carbocycles. The molecule has 106 valence electrons. The van der Waals surface area contributed by atoms with Gasteiger partial charge in [0.2, 0.25) is 0 Å². The molecule has 4 heteroatoms. The molecule has 2 rings (SSSR count). The van der Waals surface area contributed by atoms with Gasteiger partial charge in [-0.2, -0.15) is 0 Å². The molecule has 1 atom stereocenters. The number of ether oxygens (including phenoxy) is 1. The number of hydrogen-bond donors (Lipinski definition) is 2. The summed E-state index contributed by atoms with van der Waals surface area (Å²) in [4.78, 5) is 0. The number of methoxy groups -OCH3 is 1. The summed E-state index contributed by atoms with van der Waals surface area (Å²) in [5.41, 5.74) is 0.0340. The Morgan fingerprint density at radius 1 is 1.32 bits per heavy atom. The number of aliphatic hydroxyl groups excluding tert-OH is 1. The highest BCUT2D eigenvalue weighted by atomic mass is 79.9. The van der Waals surface area contributed by atoms with Crippen LogP contribution in [-0.2, 0) is 6.42 Å². The highest BCUT2D eigenvalue weighted by Crippen LogP contribution is 2.33. The van der Waals surface area contributed by atoms with Crippen LogP contribution < -0.4 is 4.74 Å². The molecule has 0 amide bonds. The summed E-state index contributed by atoms with van der Waals surface area (Å²) in [6.45, 7) is 0. The molecule has 0 radical (unpaired) electrons. The van der Waals surface area contributed by atoms with Crippen molar-refractivity contribution in [1.82, 2.24) is 0 Å². The Morgan fingerprint density at radius 3 is 2.63 bits per heavy atom. The molecule has 0 aromatic heterocycles. The van der Waals surface area contributed by atoms with Crippen LogP contribution in [0.3, 0.4) is 0 Å². The minimum Gasteiger partial charge on any atom is -0.497 e. The Balaban J connectivity index is 2.11. The first-order valence-electron chi connectivity index (χ1n) is 6.78.